The Morgan fingerprint density at radius 3 is 2.45 bits per heavy atom. The lowest BCUT2D eigenvalue weighted by Gasteiger charge is -2.09. The van der Waals surface area contributed by atoms with E-state index in [9.17, 15) is 19.2 Å². The Labute approximate surface area is 165 Å². The number of amides is 1. The molecule has 152 valence electrons. The minimum absolute atomic E-state index is 0.0356. The molecule has 0 unspecified atom stereocenters. The summed E-state index contributed by atoms with van der Waals surface area (Å²) in [5, 5.41) is 8.71. The number of rotatable bonds is 7. The fourth-order valence-corrected chi connectivity index (χ4v) is 2.18. The van der Waals surface area contributed by atoms with E-state index >= 15 is 0 Å². The van der Waals surface area contributed by atoms with Crippen molar-refractivity contribution in [3.63, 3.8) is 0 Å². The average molecular weight is 401 g/mol. The molecular formula is C19H19N3O7. The maximum atomic E-state index is 12.1. The number of aromatic nitrogens is 2. The number of carbonyl (C=O) groups is 4. The van der Waals surface area contributed by atoms with E-state index in [-0.39, 0.29) is 29.5 Å². The third kappa shape index (κ3) is 6.31. The van der Waals surface area contributed by atoms with Gasteiger partial charge in [0.15, 0.2) is 11.5 Å². The van der Waals surface area contributed by atoms with Crippen molar-refractivity contribution >= 4 is 35.7 Å². The van der Waals surface area contributed by atoms with Gasteiger partial charge in [0.1, 0.15) is 11.4 Å². The lowest BCUT2D eigenvalue weighted by molar-refractivity contribution is -0.134. The fraction of sp³-hybridized carbons (Fsp3) is 0.211. The molecule has 2 N–H and O–H groups in total. The average Bonchev–Trinajstić information content (AvgIpc) is 3.09. The van der Waals surface area contributed by atoms with Crippen molar-refractivity contribution in [2.75, 3.05) is 11.9 Å². The van der Waals surface area contributed by atoms with Crippen molar-refractivity contribution in [2.24, 2.45) is 0 Å². The predicted molar refractivity (Wildman–Crippen MR) is 101 cm³/mol. The topological polar surface area (TPSA) is 137 Å². The Kier molecular flexibility index (Phi) is 7.24. The quantitative estimate of drug-likeness (QED) is 0.409. The van der Waals surface area contributed by atoms with Gasteiger partial charge in [-0.25, -0.2) is 4.79 Å². The molecule has 2 rings (SSSR count). The molecule has 10 nitrogen and oxygen atoms in total. The Balaban J connectivity index is 2.14. The number of H-pyrrole nitrogens is 1. The first-order chi connectivity index (χ1) is 13.8. The molecule has 0 saturated carbocycles. The van der Waals surface area contributed by atoms with Crippen LogP contribution in [-0.2, 0) is 19.1 Å². The highest BCUT2D eigenvalue weighted by Crippen LogP contribution is 2.29. The van der Waals surface area contributed by atoms with Crippen LogP contribution in [0.2, 0.25) is 0 Å². The van der Waals surface area contributed by atoms with Crippen molar-refractivity contribution in [1.82, 2.24) is 10.2 Å². The summed E-state index contributed by atoms with van der Waals surface area (Å²) in [7, 11) is 0. The third-order valence-corrected chi connectivity index (χ3v) is 3.29. The number of hydrogen-bond acceptors (Lipinski definition) is 8. The van der Waals surface area contributed by atoms with Crippen LogP contribution < -0.4 is 14.8 Å². The SMILES string of the molecule is CCOC(=O)c1cn[nH]c1NC(=O)C=Cc1ccc(OC(C)=O)c(OC(C)=O)c1. The van der Waals surface area contributed by atoms with E-state index in [4.69, 9.17) is 14.2 Å². The van der Waals surface area contributed by atoms with E-state index in [1.165, 1.54) is 44.3 Å². The number of nitrogens with zero attached hydrogens (tertiary/aromatic N) is 1. The molecule has 10 heteroatoms. The smallest absolute Gasteiger partial charge is 0.343 e. The number of benzene rings is 1. The molecule has 0 atom stereocenters. The number of anilines is 1. The highest BCUT2D eigenvalue weighted by Gasteiger charge is 2.16. The van der Waals surface area contributed by atoms with Crippen LogP contribution in [0.25, 0.3) is 6.08 Å². The van der Waals surface area contributed by atoms with Crippen LogP contribution in [0.15, 0.2) is 30.5 Å². The first-order valence-corrected chi connectivity index (χ1v) is 8.50. The van der Waals surface area contributed by atoms with E-state index in [1.807, 2.05) is 0 Å². The number of esters is 3. The zero-order valence-electron chi connectivity index (χ0n) is 16.0. The number of nitrogens with one attached hydrogen (secondary N) is 2. The molecule has 0 fully saturated rings. The third-order valence-electron chi connectivity index (χ3n) is 3.29. The summed E-state index contributed by atoms with van der Waals surface area (Å²) in [5.41, 5.74) is 0.596. The molecule has 1 aromatic heterocycles. The van der Waals surface area contributed by atoms with Crippen LogP contribution in [0.4, 0.5) is 5.82 Å². The molecule has 0 aliphatic carbocycles. The molecule has 2 aromatic rings. The molecule has 0 spiro atoms. The van der Waals surface area contributed by atoms with Gasteiger partial charge in [-0.15, -0.1) is 0 Å². The Hall–Kier alpha value is -3.95. The second-order valence-corrected chi connectivity index (χ2v) is 5.60. The molecule has 0 saturated heterocycles. The lowest BCUT2D eigenvalue weighted by atomic mass is 10.2. The zero-order chi connectivity index (χ0) is 21.4. The van der Waals surface area contributed by atoms with Crippen molar-refractivity contribution in [3.8, 4) is 11.5 Å². The van der Waals surface area contributed by atoms with Gasteiger partial charge in [0.05, 0.1) is 12.8 Å². The summed E-state index contributed by atoms with van der Waals surface area (Å²) < 4.78 is 14.9. The monoisotopic (exact) mass is 401 g/mol. The number of ether oxygens (including phenoxy) is 3. The molecule has 0 aliphatic rings. The van der Waals surface area contributed by atoms with Crippen LogP contribution in [0.3, 0.4) is 0 Å². The highest BCUT2D eigenvalue weighted by molar-refractivity contribution is 6.05. The van der Waals surface area contributed by atoms with E-state index in [1.54, 1.807) is 13.0 Å². The van der Waals surface area contributed by atoms with Crippen molar-refractivity contribution in [2.45, 2.75) is 20.8 Å². The minimum atomic E-state index is -0.618. The van der Waals surface area contributed by atoms with Crippen LogP contribution in [-0.4, -0.2) is 40.6 Å². The maximum absolute atomic E-state index is 12.1. The Morgan fingerprint density at radius 2 is 1.79 bits per heavy atom. The van der Waals surface area contributed by atoms with Gasteiger partial charge >= 0.3 is 17.9 Å². The molecule has 1 amide bonds. The van der Waals surface area contributed by atoms with Crippen LogP contribution >= 0.6 is 0 Å². The summed E-state index contributed by atoms with van der Waals surface area (Å²) in [6.07, 6.45) is 3.89. The summed E-state index contributed by atoms with van der Waals surface area (Å²) in [5.74, 6) is -2.12. The molecule has 0 radical (unpaired) electrons. The normalized spacial score (nSPS) is 10.4. The summed E-state index contributed by atoms with van der Waals surface area (Å²) in [6.45, 7) is 4.27. The summed E-state index contributed by atoms with van der Waals surface area (Å²) in [6, 6.07) is 4.43. The van der Waals surface area contributed by atoms with E-state index < -0.39 is 23.8 Å². The fourth-order valence-electron chi connectivity index (χ4n) is 2.18. The van der Waals surface area contributed by atoms with Gasteiger partial charge in [-0.1, -0.05) is 6.07 Å². The van der Waals surface area contributed by atoms with Crippen LogP contribution in [0.1, 0.15) is 36.7 Å². The molecule has 0 aliphatic heterocycles. The largest absolute Gasteiger partial charge is 0.462 e. The highest BCUT2D eigenvalue weighted by atomic mass is 16.6. The minimum Gasteiger partial charge on any atom is -0.462 e. The van der Waals surface area contributed by atoms with Crippen molar-refractivity contribution in [3.05, 3.63) is 41.6 Å². The van der Waals surface area contributed by atoms with E-state index in [0.29, 0.717) is 5.56 Å². The molecule has 0 bridgehead atoms. The van der Waals surface area contributed by atoms with Gasteiger partial charge in [0.25, 0.3) is 0 Å². The molecular weight excluding hydrogens is 382 g/mol. The maximum Gasteiger partial charge on any atom is 0.343 e. The summed E-state index contributed by atoms with van der Waals surface area (Å²) >= 11 is 0. The van der Waals surface area contributed by atoms with Crippen molar-refractivity contribution in [1.29, 1.82) is 0 Å². The van der Waals surface area contributed by atoms with Gasteiger partial charge in [0.2, 0.25) is 5.91 Å². The number of carbonyl (C=O) groups excluding carboxylic acids is 4. The van der Waals surface area contributed by atoms with Crippen molar-refractivity contribution < 1.29 is 33.4 Å². The van der Waals surface area contributed by atoms with Gasteiger partial charge < -0.3 is 19.5 Å². The molecule has 1 aromatic carbocycles. The Bertz CT molecular complexity index is 962. The van der Waals surface area contributed by atoms with Gasteiger partial charge in [-0.05, 0) is 30.7 Å². The van der Waals surface area contributed by atoms with E-state index in [0.717, 1.165) is 0 Å². The van der Waals surface area contributed by atoms with E-state index in [2.05, 4.69) is 15.5 Å². The van der Waals surface area contributed by atoms with Gasteiger partial charge in [0, 0.05) is 19.9 Å². The first kappa shape index (κ1) is 21.4. The standard InChI is InChI=1S/C19H19N3O7/c1-4-27-19(26)14-10-20-22-18(14)21-17(25)8-6-13-5-7-15(28-11(2)23)16(9-13)29-12(3)24/h5-10H,4H2,1-3H3,(H2,20,21,22,25). The zero-order valence-corrected chi connectivity index (χ0v) is 16.0. The number of aromatic amines is 1. The predicted octanol–water partition coefficient (Wildman–Crippen LogP) is 2.09. The van der Waals surface area contributed by atoms with Gasteiger partial charge in [-0.3, -0.25) is 19.5 Å². The van der Waals surface area contributed by atoms with Crippen LogP contribution in [0, 0.1) is 0 Å². The molecule has 1 heterocycles. The van der Waals surface area contributed by atoms with Gasteiger partial charge in [-0.2, -0.15) is 5.10 Å². The Morgan fingerprint density at radius 1 is 1.10 bits per heavy atom. The van der Waals surface area contributed by atoms with Crippen LogP contribution in [0.5, 0.6) is 11.5 Å². The summed E-state index contributed by atoms with van der Waals surface area (Å²) in [4.78, 5) is 46.3. The second kappa shape index (κ2) is 9.83. The molecule has 29 heavy (non-hydrogen) atoms. The number of hydrogen-bond donors (Lipinski definition) is 2. The first-order valence-electron chi connectivity index (χ1n) is 8.50. The lowest BCUT2D eigenvalue weighted by Crippen LogP contribution is -2.13. The second-order valence-electron chi connectivity index (χ2n) is 5.60.